The van der Waals surface area contributed by atoms with E-state index in [1.807, 2.05) is 0 Å². The Balaban J connectivity index is 1.84. The van der Waals surface area contributed by atoms with Crippen molar-refractivity contribution in [2.24, 2.45) is 17.8 Å². The second-order valence-electron chi connectivity index (χ2n) is 6.06. The van der Waals surface area contributed by atoms with Gasteiger partial charge in [-0.25, -0.2) is 0 Å². The molecule has 88 valence electrons. The van der Waals surface area contributed by atoms with Crippen molar-refractivity contribution < 1.29 is 0 Å². The van der Waals surface area contributed by atoms with Gasteiger partial charge in [-0.2, -0.15) is 0 Å². The second kappa shape index (κ2) is 4.86. The maximum absolute atomic E-state index is 3.92. The molecule has 1 N–H and O–H groups in total. The first-order chi connectivity index (χ1) is 7.18. The van der Waals surface area contributed by atoms with Crippen LogP contribution in [-0.4, -0.2) is 12.1 Å². The zero-order chi connectivity index (χ0) is 10.8. The lowest BCUT2D eigenvalue weighted by Gasteiger charge is -2.41. The molecule has 0 bridgehead atoms. The Kier molecular flexibility index (Phi) is 3.71. The van der Waals surface area contributed by atoms with Crippen LogP contribution in [0.2, 0.25) is 0 Å². The number of nitrogens with one attached hydrogen (secondary N) is 1. The van der Waals surface area contributed by atoms with E-state index in [0.717, 1.165) is 29.8 Å². The lowest BCUT2D eigenvalue weighted by atomic mass is 9.76. The maximum Gasteiger partial charge on any atom is 0.0121 e. The smallest absolute Gasteiger partial charge is 0.0121 e. The predicted molar refractivity (Wildman–Crippen MR) is 65.9 cm³/mol. The van der Waals surface area contributed by atoms with E-state index in [2.05, 4.69) is 26.1 Å². The molecule has 0 aromatic carbocycles. The molecular weight excluding hydrogens is 182 g/mol. The Morgan fingerprint density at radius 3 is 1.93 bits per heavy atom. The highest BCUT2D eigenvalue weighted by Crippen LogP contribution is 2.33. The molecule has 0 spiro atoms. The topological polar surface area (TPSA) is 12.0 Å². The van der Waals surface area contributed by atoms with Crippen LogP contribution < -0.4 is 5.32 Å². The second-order valence-corrected chi connectivity index (χ2v) is 6.06. The Morgan fingerprint density at radius 1 is 0.933 bits per heavy atom. The van der Waals surface area contributed by atoms with E-state index in [-0.39, 0.29) is 0 Å². The van der Waals surface area contributed by atoms with Crippen LogP contribution >= 0.6 is 0 Å². The molecule has 2 saturated carbocycles. The van der Waals surface area contributed by atoms with Crippen LogP contribution in [0.25, 0.3) is 0 Å². The monoisotopic (exact) mass is 209 g/mol. The highest BCUT2D eigenvalue weighted by Gasteiger charge is 2.31. The quantitative estimate of drug-likeness (QED) is 0.749. The van der Waals surface area contributed by atoms with E-state index in [1.54, 1.807) is 0 Å². The van der Waals surface area contributed by atoms with Crippen LogP contribution in [0.5, 0.6) is 0 Å². The minimum atomic E-state index is 0.756. The van der Waals surface area contributed by atoms with Crippen molar-refractivity contribution in [1.82, 2.24) is 5.32 Å². The fourth-order valence-corrected chi connectivity index (χ4v) is 3.39. The van der Waals surface area contributed by atoms with Crippen LogP contribution in [0.1, 0.15) is 59.3 Å². The summed E-state index contributed by atoms with van der Waals surface area (Å²) in [5.74, 6) is 2.75. The zero-order valence-corrected chi connectivity index (χ0v) is 10.6. The molecule has 2 aliphatic rings. The average molecular weight is 209 g/mol. The summed E-state index contributed by atoms with van der Waals surface area (Å²) in [7, 11) is 0. The third kappa shape index (κ3) is 2.55. The van der Waals surface area contributed by atoms with E-state index in [4.69, 9.17) is 0 Å². The highest BCUT2D eigenvalue weighted by atomic mass is 15.0. The first-order valence-corrected chi connectivity index (χ1v) is 6.94. The van der Waals surface area contributed by atoms with Crippen molar-refractivity contribution in [3.8, 4) is 0 Å². The van der Waals surface area contributed by atoms with Gasteiger partial charge in [0.15, 0.2) is 0 Å². The summed E-state index contributed by atoms with van der Waals surface area (Å²) in [5, 5.41) is 3.92. The minimum Gasteiger partial charge on any atom is -0.311 e. The van der Waals surface area contributed by atoms with Gasteiger partial charge in [-0.15, -0.1) is 0 Å². The molecule has 3 atom stereocenters. The average Bonchev–Trinajstić information content (AvgIpc) is 2.08. The molecule has 2 aliphatic carbocycles. The molecule has 0 aliphatic heterocycles. The molecule has 2 fully saturated rings. The molecule has 0 heterocycles. The summed E-state index contributed by atoms with van der Waals surface area (Å²) in [6.07, 6.45) is 8.69. The van der Waals surface area contributed by atoms with E-state index in [9.17, 15) is 0 Å². The molecular formula is C14H27N. The molecule has 0 saturated heterocycles. The summed E-state index contributed by atoms with van der Waals surface area (Å²) in [6, 6.07) is 1.54. The van der Waals surface area contributed by atoms with Crippen molar-refractivity contribution in [2.45, 2.75) is 71.4 Å². The molecule has 15 heavy (non-hydrogen) atoms. The summed E-state index contributed by atoms with van der Waals surface area (Å²) in [4.78, 5) is 0. The molecule has 0 radical (unpaired) electrons. The summed E-state index contributed by atoms with van der Waals surface area (Å²) >= 11 is 0. The van der Waals surface area contributed by atoms with Gasteiger partial charge in [-0.3, -0.25) is 0 Å². The van der Waals surface area contributed by atoms with Crippen molar-refractivity contribution >= 4 is 0 Å². The number of hydrogen-bond acceptors (Lipinski definition) is 1. The van der Waals surface area contributed by atoms with Crippen LogP contribution in [0, 0.1) is 17.8 Å². The SMILES string of the molecule is CC1CCCC(C)C1NC(C)C1CCC1. The summed E-state index contributed by atoms with van der Waals surface area (Å²) < 4.78 is 0. The molecule has 1 nitrogen and oxygen atoms in total. The van der Waals surface area contributed by atoms with E-state index >= 15 is 0 Å². The van der Waals surface area contributed by atoms with Gasteiger partial charge in [0.25, 0.3) is 0 Å². The van der Waals surface area contributed by atoms with Gasteiger partial charge in [0.1, 0.15) is 0 Å². The summed E-state index contributed by atoms with van der Waals surface area (Å²) in [6.45, 7) is 7.26. The fourth-order valence-electron chi connectivity index (χ4n) is 3.39. The number of rotatable bonds is 3. The molecule has 3 unspecified atom stereocenters. The Morgan fingerprint density at radius 2 is 1.47 bits per heavy atom. The summed E-state index contributed by atoms with van der Waals surface area (Å²) in [5.41, 5.74) is 0. The standard InChI is InChI=1S/C14H27N/c1-10-6-4-7-11(2)14(10)15-12(3)13-8-5-9-13/h10-15H,4-9H2,1-3H3. The first kappa shape index (κ1) is 11.4. The lowest BCUT2D eigenvalue weighted by Crippen LogP contribution is -2.50. The van der Waals surface area contributed by atoms with Gasteiger partial charge in [0.05, 0.1) is 0 Å². The van der Waals surface area contributed by atoms with Gasteiger partial charge in [-0.1, -0.05) is 26.7 Å². The largest absolute Gasteiger partial charge is 0.311 e. The van der Waals surface area contributed by atoms with Gasteiger partial charge >= 0.3 is 0 Å². The van der Waals surface area contributed by atoms with Crippen LogP contribution in [0.4, 0.5) is 0 Å². The predicted octanol–water partition coefficient (Wildman–Crippen LogP) is 3.59. The molecule has 1 heteroatoms. The van der Waals surface area contributed by atoms with E-state index < -0.39 is 0 Å². The van der Waals surface area contributed by atoms with Crippen LogP contribution in [-0.2, 0) is 0 Å². The highest BCUT2D eigenvalue weighted by molar-refractivity contribution is 4.88. The Hall–Kier alpha value is -0.0400. The van der Waals surface area contributed by atoms with Crippen molar-refractivity contribution in [3.63, 3.8) is 0 Å². The first-order valence-electron chi connectivity index (χ1n) is 6.94. The minimum absolute atomic E-state index is 0.756. The molecule has 0 amide bonds. The van der Waals surface area contributed by atoms with Gasteiger partial charge in [0, 0.05) is 12.1 Å². The van der Waals surface area contributed by atoms with E-state index in [1.165, 1.54) is 38.5 Å². The molecule has 0 aromatic rings. The van der Waals surface area contributed by atoms with Gasteiger partial charge in [0.2, 0.25) is 0 Å². The molecule has 2 rings (SSSR count). The third-order valence-corrected chi connectivity index (χ3v) is 4.86. The molecule has 0 aromatic heterocycles. The van der Waals surface area contributed by atoms with Gasteiger partial charge < -0.3 is 5.32 Å². The zero-order valence-electron chi connectivity index (χ0n) is 10.6. The third-order valence-electron chi connectivity index (χ3n) is 4.86. The fraction of sp³-hybridized carbons (Fsp3) is 1.00. The van der Waals surface area contributed by atoms with Gasteiger partial charge in [-0.05, 0) is 50.4 Å². The lowest BCUT2D eigenvalue weighted by molar-refractivity contribution is 0.153. The van der Waals surface area contributed by atoms with Crippen molar-refractivity contribution in [1.29, 1.82) is 0 Å². The normalized spacial score (nSPS) is 39.8. The Labute approximate surface area is 95.0 Å². The Bertz CT molecular complexity index is 188. The van der Waals surface area contributed by atoms with Crippen LogP contribution in [0.15, 0.2) is 0 Å². The van der Waals surface area contributed by atoms with Crippen molar-refractivity contribution in [2.75, 3.05) is 0 Å². The maximum atomic E-state index is 3.92. The number of hydrogen-bond donors (Lipinski definition) is 1. The van der Waals surface area contributed by atoms with Crippen molar-refractivity contribution in [3.05, 3.63) is 0 Å². The van der Waals surface area contributed by atoms with Crippen LogP contribution in [0.3, 0.4) is 0 Å². The van der Waals surface area contributed by atoms with E-state index in [0.29, 0.717) is 0 Å².